The minimum Gasteiger partial charge on any atom is -0.444 e. The summed E-state index contributed by atoms with van der Waals surface area (Å²) < 4.78 is 5.58. The van der Waals surface area contributed by atoms with Gasteiger partial charge in [-0.05, 0) is 51.0 Å². The molecule has 1 aromatic carbocycles. The number of nitrogens with zero attached hydrogens (tertiary/aromatic N) is 4. The molecular formula is C26H28N6O2. The highest BCUT2D eigenvalue weighted by Gasteiger charge is 2.31. The van der Waals surface area contributed by atoms with Crippen LogP contribution in [0.3, 0.4) is 0 Å². The molecular weight excluding hydrogens is 428 g/mol. The predicted octanol–water partition coefficient (Wildman–Crippen LogP) is 4.93. The van der Waals surface area contributed by atoms with Gasteiger partial charge in [0.2, 0.25) is 0 Å². The smallest absolute Gasteiger partial charge is 0.410 e. The van der Waals surface area contributed by atoms with E-state index in [2.05, 4.69) is 39.7 Å². The van der Waals surface area contributed by atoms with E-state index in [9.17, 15) is 4.79 Å². The number of nitrogens with one attached hydrogen (secondary N) is 2. The van der Waals surface area contributed by atoms with Gasteiger partial charge in [0.25, 0.3) is 0 Å². The lowest BCUT2D eigenvalue weighted by molar-refractivity contribution is 0.0241. The number of H-pyrrole nitrogens is 1. The molecule has 0 bridgehead atoms. The van der Waals surface area contributed by atoms with Crippen molar-refractivity contribution in [2.75, 3.05) is 11.9 Å². The summed E-state index contributed by atoms with van der Waals surface area (Å²) in [6, 6.07) is 12.1. The number of benzene rings is 1. The first-order valence-corrected chi connectivity index (χ1v) is 11.4. The summed E-state index contributed by atoms with van der Waals surface area (Å²) >= 11 is 0. The molecule has 4 heterocycles. The maximum atomic E-state index is 12.7. The lowest BCUT2D eigenvalue weighted by atomic mass is 10.1. The van der Waals surface area contributed by atoms with E-state index in [0.29, 0.717) is 25.5 Å². The van der Waals surface area contributed by atoms with Crippen LogP contribution in [0.2, 0.25) is 0 Å². The van der Waals surface area contributed by atoms with E-state index in [-0.39, 0.29) is 6.09 Å². The number of amides is 1. The molecule has 3 aromatic heterocycles. The van der Waals surface area contributed by atoms with Gasteiger partial charge in [0, 0.05) is 47.2 Å². The summed E-state index contributed by atoms with van der Waals surface area (Å²) in [5.41, 5.74) is 4.41. The van der Waals surface area contributed by atoms with E-state index in [1.807, 2.05) is 39.0 Å². The molecule has 8 heteroatoms. The number of fused-ring (bicyclic) bond motifs is 2. The van der Waals surface area contributed by atoms with Crippen molar-refractivity contribution in [1.29, 1.82) is 0 Å². The van der Waals surface area contributed by atoms with Crippen molar-refractivity contribution in [2.24, 2.45) is 0 Å². The van der Waals surface area contributed by atoms with Crippen LogP contribution in [0.4, 0.5) is 10.6 Å². The zero-order valence-electron chi connectivity index (χ0n) is 19.6. The number of carbonyl (C=O) groups is 1. The largest absolute Gasteiger partial charge is 0.444 e. The molecule has 1 amide bonds. The van der Waals surface area contributed by atoms with E-state index in [0.717, 1.165) is 34.6 Å². The number of para-hydroxylation sites is 1. The summed E-state index contributed by atoms with van der Waals surface area (Å²) in [6.07, 6.45) is 6.01. The van der Waals surface area contributed by atoms with Gasteiger partial charge in [0.15, 0.2) is 5.82 Å². The number of hydrogen-bond donors (Lipinski definition) is 2. The molecule has 0 spiro atoms. The van der Waals surface area contributed by atoms with Gasteiger partial charge < -0.3 is 15.0 Å². The quantitative estimate of drug-likeness (QED) is 0.442. The summed E-state index contributed by atoms with van der Waals surface area (Å²) in [5.74, 6) is 1.34. The van der Waals surface area contributed by atoms with Gasteiger partial charge in [-0.1, -0.05) is 18.2 Å². The highest BCUT2D eigenvalue weighted by atomic mass is 16.6. The van der Waals surface area contributed by atoms with E-state index < -0.39 is 5.60 Å². The number of rotatable bonds is 5. The Bertz CT molecular complexity index is 1330. The molecule has 0 saturated carbocycles. The summed E-state index contributed by atoms with van der Waals surface area (Å²) in [5, 5.41) is 4.73. The topological polar surface area (TPSA) is 96.0 Å². The number of hydrogen-bond acceptors (Lipinski definition) is 6. The van der Waals surface area contributed by atoms with Gasteiger partial charge in [-0.25, -0.2) is 14.8 Å². The maximum absolute atomic E-state index is 12.7. The molecule has 0 aliphatic carbocycles. The molecule has 0 unspecified atom stereocenters. The first kappa shape index (κ1) is 21.9. The average Bonchev–Trinajstić information content (AvgIpc) is 3.43. The lowest BCUT2D eigenvalue weighted by Gasteiger charge is -2.24. The third-order valence-electron chi connectivity index (χ3n) is 5.72. The Labute approximate surface area is 198 Å². The van der Waals surface area contributed by atoms with Crippen molar-refractivity contribution in [1.82, 2.24) is 24.8 Å². The van der Waals surface area contributed by atoms with Gasteiger partial charge >= 0.3 is 6.09 Å². The van der Waals surface area contributed by atoms with Crippen molar-refractivity contribution in [3.63, 3.8) is 0 Å². The van der Waals surface area contributed by atoms with Crippen LogP contribution in [0, 0.1) is 0 Å². The summed E-state index contributed by atoms with van der Waals surface area (Å²) in [4.78, 5) is 31.5. The molecule has 0 saturated heterocycles. The van der Waals surface area contributed by atoms with Crippen LogP contribution in [0.15, 0.2) is 55.0 Å². The van der Waals surface area contributed by atoms with E-state index in [1.165, 1.54) is 10.9 Å². The van der Waals surface area contributed by atoms with Gasteiger partial charge in [0.1, 0.15) is 11.4 Å². The SMILES string of the molecule is CC(C)(C)OC(=O)N1Cc2nc(-c3cccnc3)nc(NCCc3c[nH]c4ccccc34)c2C1. The van der Waals surface area contributed by atoms with Crippen molar-refractivity contribution in [3.05, 3.63) is 71.8 Å². The van der Waals surface area contributed by atoms with Crippen molar-refractivity contribution < 1.29 is 9.53 Å². The number of ether oxygens (including phenoxy) is 1. The van der Waals surface area contributed by atoms with Gasteiger partial charge in [-0.2, -0.15) is 0 Å². The highest BCUT2D eigenvalue weighted by molar-refractivity contribution is 5.83. The standard InChI is InChI=1S/C26H28N6O2/c1-26(2,3)34-25(33)32-15-20-22(16-32)30-23(18-7-6-11-27-13-18)31-24(20)28-12-10-17-14-29-21-9-5-4-8-19(17)21/h4-9,11,13-14,29H,10,12,15-16H2,1-3H3,(H,28,30,31). The molecule has 174 valence electrons. The Hall–Kier alpha value is -3.94. The molecule has 1 aliphatic heterocycles. The molecule has 4 aromatic rings. The Morgan fingerprint density at radius 1 is 1.15 bits per heavy atom. The van der Waals surface area contributed by atoms with Crippen molar-refractivity contribution in [2.45, 2.75) is 45.9 Å². The number of carbonyl (C=O) groups excluding carboxylic acids is 1. The Morgan fingerprint density at radius 3 is 2.79 bits per heavy atom. The van der Waals surface area contributed by atoms with E-state index >= 15 is 0 Å². The van der Waals surface area contributed by atoms with Gasteiger partial charge in [-0.15, -0.1) is 0 Å². The normalized spacial score (nSPS) is 13.2. The van der Waals surface area contributed by atoms with Crippen LogP contribution in [0.5, 0.6) is 0 Å². The molecule has 1 aliphatic rings. The second kappa shape index (κ2) is 8.78. The fraction of sp³-hybridized carbons (Fsp3) is 0.308. The Kier molecular flexibility index (Phi) is 5.65. The van der Waals surface area contributed by atoms with Crippen LogP contribution < -0.4 is 5.32 Å². The Morgan fingerprint density at radius 2 is 2.00 bits per heavy atom. The maximum Gasteiger partial charge on any atom is 0.410 e. The van der Waals surface area contributed by atoms with E-state index in [4.69, 9.17) is 14.7 Å². The first-order chi connectivity index (χ1) is 16.4. The first-order valence-electron chi connectivity index (χ1n) is 11.4. The van der Waals surface area contributed by atoms with Crippen LogP contribution in [0.1, 0.15) is 37.6 Å². The number of aromatic nitrogens is 4. The number of pyridine rings is 1. The molecule has 34 heavy (non-hydrogen) atoms. The van der Waals surface area contributed by atoms with Crippen molar-refractivity contribution in [3.8, 4) is 11.4 Å². The molecule has 8 nitrogen and oxygen atoms in total. The second-order valence-corrected chi connectivity index (χ2v) is 9.44. The Balaban J connectivity index is 1.39. The monoisotopic (exact) mass is 456 g/mol. The zero-order chi connectivity index (χ0) is 23.7. The molecule has 5 rings (SSSR count). The highest BCUT2D eigenvalue weighted by Crippen LogP contribution is 2.31. The molecule has 0 fully saturated rings. The molecule has 0 radical (unpaired) electrons. The van der Waals surface area contributed by atoms with Gasteiger partial charge in [0.05, 0.1) is 18.8 Å². The minimum atomic E-state index is -0.557. The van der Waals surface area contributed by atoms with Gasteiger partial charge in [-0.3, -0.25) is 9.88 Å². The molecule has 2 N–H and O–H groups in total. The number of aromatic amines is 1. The third-order valence-corrected chi connectivity index (χ3v) is 5.72. The zero-order valence-corrected chi connectivity index (χ0v) is 19.6. The second-order valence-electron chi connectivity index (χ2n) is 9.44. The van der Waals surface area contributed by atoms with Crippen LogP contribution in [-0.4, -0.2) is 43.1 Å². The summed E-state index contributed by atoms with van der Waals surface area (Å²) in [6.45, 7) is 7.10. The molecule has 0 atom stereocenters. The van der Waals surface area contributed by atoms with Crippen LogP contribution in [-0.2, 0) is 24.2 Å². The summed E-state index contributed by atoms with van der Waals surface area (Å²) in [7, 11) is 0. The van der Waals surface area contributed by atoms with Crippen LogP contribution >= 0.6 is 0 Å². The van der Waals surface area contributed by atoms with Crippen molar-refractivity contribution >= 4 is 22.8 Å². The number of anilines is 1. The lowest BCUT2D eigenvalue weighted by Crippen LogP contribution is -2.33. The average molecular weight is 457 g/mol. The fourth-order valence-corrected chi connectivity index (χ4v) is 4.13. The predicted molar refractivity (Wildman–Crippen MR) is 131 cm³/mol. The third kappa shape index (κ3) is 4.57. The fourth-order valence-electron chi connectivity index (χ4n) is 4.13. The minimum absolute atomic E-state index is 0.349. The van der Waals surface area contributed by atoms with Crippen LogP contribution in [0.25, 0.3) is 22.3 Å². The van der Waals surface area contributed by atoms with E-state index in [1.54, 1.807) is 17.3 Å².